The monoisotopic (exact) mass is 253 g/mol. The molecule has 1 aromatic carbocycles. The van der Waals surface area contributed by atoms with E-state index in [2.05, 4.69) is 17.0 Å². The molecule has 2 aromatic rings. The Balaban J connectivity index is 2.52. The van der Waals surface area contributed by atoms with Crippen LogP contribution in [0.15, 0.2) is 6.07 Å². The van der Waals surface area contributed by atoms with Crippen molar-refractivity contribution in [3.8, 4) is 12.3 Å². The summed E-state index contributed by atoms with van der Waals surface area (Å²) in [6.07, 6.45) is 5.21. The van der Waals surface area contributed by atoms with Crippen LogP contribution in [0.5, 0.6) is 0 Å². The van der Waals surface area contributed by atoms with E-state index in [1.54, 1.807) is 4.90 Å². The highest BCUT2D eigenvalue weighted by atomic mass is 35.5. The van der Waals surface area contributed by atoms with Crippen LogP contribution in [0.1, 0.15) is 0 Å². The van der Waals surface area contributed by atoms with E-state index < -0.39 is 5.82 Å². The standard InChI is InChI=1S/C11H7ClFN2S/c1-3-4-15(2)11-14-10-8(12)5-7(13)6-9(10)16-11/h1,5H,4H2,2H3. The Labute approximate surface area is 102 Å². The van der Waals surface area contributed by atoms with Crippen molar-refractivity contribution in [3.63, 3.8) is 0 Å². The minimum absolute atomic E-state index is 0.294. The van der Waals surface area contributed by atoms with Gasteiger partial charge in [0, 0.05) is 13.1 Å². The van der Waals surface area contributed by atoms with Crippen molar-refractivity contribution in [1.82, 2.24) is 4.98 Å². The molecule has 0 aliphatic carbocycles. The normalized spacial score (nSPS) is 10.4. The zero-order valence-electron chi connectivity index (χ0n) is 8.42. The maximum Gasteiger partial charge on any atom is 0.187 e. The Morgan fingerprint density at radius 1 is 1.75 bits per heavy atom. The molecule has 1 radical (unpaired) electrons. The topological polar surface area (TPSA) is 16.1 Å². The molecule has 2 nitrogen and oxygen atoms in total. The van der Waals surface area contributed by atoms with Gasteiger partial charge in [0.15, 0.2) is 5.13 Å². The summed E-state index contributed by atoms with van der Waals surface area (Å²) in [6.45, 7) is 0.444. The Morgan fingerprint density at radius 3 is 3.19 bits per heavy atom. The fourth-order valence-corrected chi connectivity index (χ4v) is 2.48. The van der Waals surface area contributed by atoms with E-state index in [1.165, 1.54) is 17.4 Å². The number of fused-ring (bicyclic) bond motifs is 1. The Bertz CT molecular complexity index is 573. The molecular weight excluding hydrogens is 247 g/mol. The SMILES string of the molecule is C#CCN(C)c1nc2c(Cl)cc(F)[c]c2s1. The average Bonchev–Trinajstić information content (AvgIpc) is 2.62. The van der Waals surface area contributed by atoms with Gasteiger partial charge in [-0.3, -0.25) is 0 Å². The fourth-order valence-electron chi connectivity index (χ4n) is 1.25. The first-order valence-electron chi connectivity index (χ1n) is 4.44. The van der Waals surface area contributed by atoms with Gasteiger partial charge in [0.2, 0.25) is 0 Å². The summed E-state index contributed by atoms with van der Waals surface area (Å²) >= 11 is 7.20. The van der Waals surface area contributed by atoms with Crippen LogP contribution in [0.4, 0.5) is 9.52 Å². The first kappa shape index (κ1) is 11.2. The molecule has 0 aliphatic heterocycles. The number of benzene rings is 1. The van der Waals surface area contributed by atoms with E-state index in [-0.39, 0.29) is 0 Å². The van der Waals surface area contributed by atoms with Crippen LogP contribution in [0.25, 0.3) is 10.2 Å². The predicted octanol–water partition coefficient (Wildman–Crippen LogP) is 2.96. The lowest BCUT2D eigenvalue weighted by Crippen LogP contribution is -2.16. The average molecular weight is 254 g/mol. The molecule has 1 aromatic heterocycles. The third-order valence-corrected chi connectivity index (χ3v) is 3.36. The van der Waals surface area contributed by atoms with Crippen LogP contribution in [0.2, 0.25) is 5.02 Å². The van der Waals surface area contributed by atoms with Gasteiger partial charge in [-0.05, 0) is 6.07 Å². The summed E-state index contributed by atoms with van der Waals surface area (Å²) in [5.74, 6) is 2.03. The van der Waals surface area contributed by atoms with Crippen molar-refractivity contribution < 1.29 is 4.39 Å². The fraction of sp³-hybridized carbons (Fsp3) is 0.182. The largest absolute Gasteiger partial charge is 0.340 e. The number of thiazole rings is 1. The molecule has 2 rings (SSSR count). The van der Waals surface area contributed by atoms with Crippen molar-refractivity contribution in [2.24, 2.45) is 0 Å². The van der Waals surface area contributed by atoms with Gasteiger partial charge in [0.25, 0.3) is 0 Å². The number of nitrogens with zero attached hydrogens (tertiary/aromatic N) is 2. The summed E-state index contributed by atoms with van der Waals surface area (Å²) in [5, 5.41) is 1.000. The number of hydrogen-bond acceptors (Lipinski definition) is 3. The molecule has 0 fully saturated rings. The first-order chi connectivity index (χ1) is 7.61. The molecule has 0 aliphatic rings. The number of hydrogen-bond donors (Lipinski definition) is 0. The second-order valence-electron chi connectivity index (χ2n) is 3.20. The van der Waals surface area contributed by atoms with Gasteiger partial charge >= 0.3 is 0 Å². The molecule has 0 unspecified atom stereocenters. The highest BCUT2D eigenvalue weighted by Gasteiger charge is 2.11. The van der Waals surface area contributed by atoms with E-state index in [4.69, 9.17) is 18.0 Å². The second-order valence-corrected chi connectivity index (χ2v) is 4.58. The molecule has 16 heavy (non-hydrogen) atoms. The second kappa shape index (κ2) is 4.28. The van der Waals surface area contributed by atoms with Crippen LogP contribution < -0.4 is 4.90 Å². The van der Waals surface area contributed by atoms with Crippen LogP contribution >= 0.6 is 22.9 Å². The predicted molar refractivity (Wildman–Crippen MR) is 65.5 cm³/mol. The molecule has 0 spiro atoms. The maximum absolute atomic E-state index is 13.0. The zero-order chi connectivity index (χ0) is 11.7. The highest BCUT2D eigenvalue weighted by Crippen LogP contribution is 2.32. The lowest BCUT2D eigenvalue weighted by atomic mass is 10.3. The summed E-state index contributed by atoms with van der Waals surface area (Å²) in [6, 6.07) is 3.78. The Kier molecular flexibility index (Phi) is 2.99. The Hall–Kier alpha value is -1.31. The van der Waals surface area contributed by atoms with Crippen molar-refractivity contribution in [1.29, 1.82) is 0 Å². The smallest absolute Gasteiger partial charge is 0.187 e. The molecule has 81 valence electrons. The first-order valence-corrected chi connectivity index (χ1v) is 5.63. The molecule has 0 N–H and O–H groups in total. The van der Waals surface area contributed by atoms with Crippen LogP contribution in [0.3, 0.4) is 0 Å². The van der Waals surface area contributed by atoms with E-state index in [0.29, 0.717) is 26.9 Å². The van der Waals surface area contributed by atoms with Crippen LogP contribution in [0, 0.1) is 24.2 Å². The maximum atomic E-state index is 13.0. The highest BCUT2D eigenvalue weighted by molar-refractivity contribution is 7.22. The van der Waals surface area contributed by atoms with Gasteiger partial charge in [-0.25, -0.2) is 9.37 Å². The summed E-state index contributed by atoms with van der Waals surface area (Å²) in [4.78, 5) is 6.09. The van der Waals surface area contributed by atoms with Crippen LogP contribution in [-0.2, 0) is 0 Å². The van der Waals surface area contributed by atoms with Crippen LogP contribution in [-0.4, -0.2) is 18.6 Å². The minimum atomic E-state index is -0.479. The molecular formula is C11H7ClFN2S. The third-order valence-electron chi connectivity index (χ3n) is 1.98. The summed E-state index contributed by atoms with van der Waals surface area (Å²) < 4.78 is 13.6. The third kappa shape index (κ3) is 1.97. The lowest BCUT2D eigenvalue weighted by molar-refractivity contribution is 0.628. The number of anilines is 1. The molecule has 1 heterocycles. The van der Waals surface area contributed by atoms with Crippen molar-refractivity contribution in [2.45, 2.75) is 0 Å². The van der Waals surface area contributed by atoms with E-state index in [1.807, 2.05) is 7.05 Å². The quantitative estimate of drug-likeness (QED) is 0.765. The van der Waals surface area contributed by atoms with Crippen molar-refractivity contribution in [3.05, 3.63) is 23.0 Å². The lowest BCUT2D eigenvalue weighted by Gasteiger charge is -2.10. The molecule has 0 saturated carbocycles. The number of halogens is 2. The van der Waals surface area contributed by atoms with Gasteiger partial charge in [0.05, 0.1) is 16.3 Å². The van der Waals surface area contributed by atoms with Gasteiger partial charge in [0.1, 0.15) is 11.3 Å². The van der Waals surface area contributed by atoms with Gasteiger partial charge in [-0.1, -0.05) is 28.9 Å². The number of rotatable bonds is 2. The molecule has 0 bridgehead atoms. The van der Waals surface area contributed by atoms with Gasteiger partial charge < -0.3 is 4.90 Å². The molecule has 0 atom stereocenters. The molecule has 0 saturated heterocycles. The van der Waals surface area contributed by atoms with Crippen molar-refractivity contribution >= 4 is 38.3 Å². The molecule has 5 heteroatoms. The molecule has 0 amide bonds. The zero-order valence-corrected chi connectivity index (χ0v) is 9.99. The van der Waals surface area contributed by atoms with Crippen molar-refractivity contribution in [2.75, 3.05) is 18.5 Å². The summed E-state index contributed by atoms with van der Waals surface area (Å²) in [5.41, 5.74) is 0.562. The van der Waals surface area contributed by atoms with E-state index in [0.717, 1.165) is 0 Å². The summed E-state index contributed by atoms with van der Waals surface area (Å²) in [7, 11) is 1.82. The minimum Gasteiger partial charge on any atom is -0.340 e. The Morgan fingerprint density at radius 2 is 2.50 bits per heavy atom. The number of aromatic nitrogens is 1. The van der Waals surface area contributed by atoms with Gasteiger partial charge in [-0.15, -0.1) is 6.42 Å². The van der Waals surface area contributed by atoms with Gasteiger partial charge in [-0.2, -0.15) is 0 Å². The van der Waals surface area contributed by atoms with E-state index >= 15 is 0 Å². The van der Waals surface area contributed by atoms with E-state index in [9.17, 15) is 4.39 Å². The number of terminal acetylenes is 1.